The molecule has 2 unspecified atom stereocenters. The van der Waals surface area contributed by atoms with E-state index < -0.39 is 0 Å². The van der Waals surface area contributed by atoms with Crippen LogP contribution in [-0.2, 0) is 0 Å². The van der Waals surface area contributed by atoms with Gasteiger partial charge in [-0.15, -0.1) is 0 Å². The summed E-state index contributed by atoms with van der Waals surface area (Å²) in [5, 5.41) is 16.8. The number of nitrogens with zero attached hydrogens (tertiary/aromatic N) is 2. The van der Waals surface area contributed by atoms with Gasteiger partial charge in [0.05, 0.1) is 12.1 Å². The monoisotopic (exact) mass is 251 g/mol. The van der Waals surface area contributed by atoms with Crippen molar-refractivity contribution in [1.29, 1.82) is 0 Å². The second-order valence-corrected chi connectivity index (χ2v) is 5.81. The first kappa shape index (κ1) is 12.1. The lowest BCUT2D eigenvalue weighted by Crippen LogP contribution is -2.15. The van der Waals surface area contributed by atoms with Gasteiger partial charge in [0.2, 0.25) is 5.89 Å². The first-order valence-electron chi connectivity index (χ1n) is 6.97. The smallest absolute Gasteiger partial charge is 0.243 e. The lowest BCUT2D eigenvalue weighted by molar-refractivity contribution is 0.191. The highest BCUT2D eigenvalue weighted by Crippen LogP contribution is 2.35. The van der Waals surface area contributed by atoms with Crippen molar-refractivity contribution in [3.05, 3.63) is 11.7 Å². The zero-order valence-corrected chi connectivity index (χ0v) is 10.8. The summed E-state index contributed by atoms with van der Waals surface area (Å²) in [6, 6.07) is 0.0299. The first-order valence-corrected chi connectivity index (χ1v) is 6.97. The molecule has 5 heteroatoms. The normalized spacial score (nSPS) is 37.0. The van der Waals surface area contributed by atoms with Gasteiger partial charge in [0.1, 0.15) is 0 Å². The Labute approximate surface area is 107 Å². The van der Waals surface area contributed by atoms with Crippen molar-refractivity contribution in [3.8, 4) is 0 Å². The van der Waals surface area contributed by atoms with E-state index in [1.807, 2.05) is 0 Å². The van der Waals surface area contributed by atoms with Crippen LogP contribution in [0.1, 0.15) is 62.7 Å². The Morgan fingerprint density at radius 2 is 2.22 bits per heavy atom. The van der Waals surface area contributed by atoms with E-state index in [1.54, 1.807) is 0 Å². The van der Waals surface area contributed by atoms with E-state index in [0.717, 1.165) is 11.7 Å². The summed E-state index contributed by atoms with van der Waals surface area (Å²) in [6.07, 6.45) is 5.29. The molecule has 1 aliphatic heterocycles. The van der Waals surface area contributed by atoms with Crippen LogP contribution in [-0.4, -0.2) is 27.9 Å². The van der Waals surface area contributed by atoms with Gasteiger partial charge in [-0.2, -0.15) is 4.98 Å². The summed E-state index contributed by atoms with van der Waals surface area (Å²) in [5.74, 6) is 2.72. The molecular formula is C13H21N3O2. The van der Waals surface area contributed by atoms with E-state index in [9.17, 15) is 5.11 Å². The first-order chi connectivity index (χ1) is 8.72. The van der Waals surface area contributed by atoms with E-state index in [4.69, 9.17) is 4.52 Å². The summed E-state index contributed by atoms with van der Waals surface area (Å²) >= 11 is 0. The van der Waals surface area contributed by atoms with Gasteiger partial charge in [-0.05, 0) is 25.2 Å². The van der Waals surface area contributed by atoms with Crippen molar-refractivity contribution in [2.45, 2.75) is 57.1 Å². The third-order valence-electron chi connectivity index (χ3n) is 4.16. The van der Waals surface area contributed by atoms with E-state index in [-0.39, 0.29) is 12.1 Å². The van der Waals surface area contributed by atoms with Crippen LogP contribution >= 0.6 is 0 Å². The molecule has 2 N–H and O–H groups in total. The Bertz CT molecular complexity index is 407. The molecule has 5 nitrogen and oxygen atoms in total. The number of β-amino-alcohol motifs (C(OH)–C–C–N with tert-alkyl or cyclic N) is 1. The van der Waals surface area contributed by atoms with Crippen molar-refractivity contribution in [2.75, 3.05) is 6.54 Å². The maximum Gasteiger partial charge on any atom is 0.243 e. The van der Waals surface area contributed by atoms with Gasteiger partial charge >= 0.3 is 0 Å². The van der Waals surface area contributed by atoms with E-state index >= 15 is 0 Å². The number of hydrogen-bond donors (Lipinski definition) is 2. The van der Waals surface area contributed by atoms with Crippen molar-refractivity contribution in [3.63, 3.8) is 0 Å². The topological polar surface area (TPSA) is 71.2 Å². The molecule has 1 saturated carbocycles. The molecule has 1 aromatic rings. The molecule has 100 valence electrons. The molecule has 0 amide bonds. The molecule has 2 aliphatic rings. The number of hydrogen-bond acceptors (Lipinski definition) is 5. The quantitative estimate of drug-likeness (QED) is 0.838. The third-order valence-corrected chi connectivity index (χ3v) is 4.16. The Hall–Kier alpha value is -0.940. The van der Waals surface area contributed by atoms with Gasteiger partial charge in [0.25, 0.3) is 0 Å². The Morgan fingerprint density at radius 3 is 2.94 bits per heavy atom. The number of aliphatic hydroxyl groups excluding tert-OH is 1. The molecule has 2 heterocycles. The lowest BCUT2D eigenvalue weighted by atomic mass is 9.82. The van der Waals surface area contributed by atoms with E-state index in [2.05, 4.69) is 22.4 Å². The minimum atomic E-state index is -0.292. The van der Waals surface area contributed by atoms with Gasteiger partial charge in [-0.3, -0.25) is 0 Å². The van der Waals surface area contributed by atoms with Crippen LogP contribution < -0.4 is 5.32 Å². The van der Waals surface area contributed by atoms with E-state index in [1.165, 1.54) is 25.7 Å². The van der Waals surface area contributed by atoms with Crippen LogP contribution in [0.5, 0.6) is 0 Å². The molecule has 4 atom stereocenters. The van der Waals surface area contributed by atoms with Gasteiger partial charge in [0, 0.05) is 12.5 Å². The van der Waals surface area contributed by atoms with Crippen LogP contribution in [0, 0.1) is 5.92 Å². The van der Waals surface area contributed by atoms with Crippen molar-refractivity contribution in [1.82, 2.24) is 15.5 Å². The molecule has 1 aliphatic carbocycles. The predicted octanol–water partition coefficient (Wildman–Crippen LogP) is 1.76. The second kappa shape index (κ2) is 4.97. The average Bonchev–Trinajstić information content (AvgIpc) is 2.97. The third kappa shape index (κ3) is 2.42. The van der Waals surface area contributed by atoms with Gasteiger partial charge in [0.15, 0.2) is 5.82 Å². The van der Waals surface area contributed by atoms with Crippen LogP contribution in [0.2, 0.25) is 0 Å². The summed E-state index contributed by atoms with van der Waals surface area (Å²) in [6.45, 7) is 2.91. The number of rotatable bonds is 2. The lowest BCUT2D eigenvalue weighted by Gasteiger charge is -2.23. The largest absolute Gasteiger partial charge is 0.392 e. The van der Waals surface area contributed by atoms with Gasteiger partial charge in [-0.1, -0.05) is 24.9 Å². The minimum Gasteiger partial charge on any atom is -0.392 e. The summed E-state index contributed by atoms with van der Waals surface area (Å²) in [7, 11) is 0. The molecule has 0 aromatic carbocycles. The van der Waals surface area contributed by atoms with Crippen molar-refractivity contribution < 1.29 is 9.63 Å². The summed E-state index contributed by atoms with van der Waals surface area (Å²) < 4.78 is 5.35. The molecule has 1 aromatic heterocycles. The van der Waals surface area contributed by atoms with Gasteiger partial charge < -0.3 is 14.9 Å². The van der Waals surface area contributed by atoms with Crippen LogP contribution in [0.25, 0.3) is 0 Å². The molecule has 3 rings (SSSR count). The zero-order valence-electron chi connectivity index (χ0n) is 10.8. The van der Waals surface area contributed by atoms with Crippen molar-refractivity contribution in [2.24, 2.45) is 5.92 Å². The molecule has 2 fully saturated rings. The highest BCUT2D eigenvalue weighted by molar-refractivity contribution is 5.02. The predicted molar refractivity (Wildman–Crippen MR) is 66.0 cm³/mol. The van der Waals surface area contributed by atoms with Crippen LogP contribution in [0.3, 0.4) is 0 Å². The SMILES string of the molecule is CC1CCCC(c2noc([C@H]3C[C@H](O)CN3)n2)C1. The highest BCUT2D eigenvalue weighted by atomic mass is 16.5. The maximum absolute atomic E-state index is 9.50. The Balaban J connectivity index is 1.69. The zero-order chi connectivity index (χ0) is 12.5. The van der Waals surface area contributed by atoms with Crippen molar-refractivity contribution >= 4 is 0 Å². The molecular weight excluding hydrogens is 230 g/mol. The molecule has 0 spiro atoms. The van der Waals surface area contributed by atoms with Gasteiger partial charge in [-0.25, -0.2) is 0 Å². The highest BCUT2D eigenvalue weighted by Gasteiger charge is 2.30. The molecule has 1 saturated heterocycles. The molecule has 0 bridgehead atoms. The van der Waals surface area contributed by atoms with Crippen LogP contribution in [0.4, 0.5) is 0 Å². The molecule has 18 heavy (non-hydrogen) atoms. The molecule has 0 radical (unpaired) electrons. The summed E-state index contributed by atoms with van der Waals surface area (Å²) in [5.41, 5.74) is 0. The Morgan fingerprint density at radius 1 is 1.33 bits per heavy atom. The maximum atomic E-state index is 9.50. The van der Waals surface area contributed by atoms with Crippen LogP contribution in [0.15, 0.2) is 4.52 Å². The fourth-order valence-electron chi connectivity index (χ4n) is 3.13. The number of nitrogens with one attached hydrogen (secondary N) is 1. The fraction of sp³-hybridized carbons (Fsp3) is 0.846. The Kier molecular flexibility index (Phi) is 3.35. The minimum absolute atomic E-state index is 0.0299. The fourth-order valence-corrected chi connectivity index (χ4v) is 3.13. The standard InChI is InChI=1S/C13H21N3O2/c1-8-3-2-4-9(5-8)12-15-13(18-16-12)11-6-10(17)7-14-11/h8-11,14,17H,2-7H2,1H3/t8?,9?,10-,11+/m0/s1. The number of aliphatic hydroxyl groups is 1. The average molecular weight is 251 g/mol. The summed E-state index contributed by atoms with van der Waals surface area (Å²) in [4.78, 5) is 4.53. The number of aromatic nitrogens is 2. The van der Waals surface area contributed by atoms with E-state index in [0.29, 0.717) is 24.8 Å². The second-order valence-electron chi connectivity index (χ2n) is 5.81.